The summed E-state index contributed by atoms with van der Waals surface area (Å²) in [6.45, 7) is 8.48. The second-order valence-corrected chi connectivity index (χ2v) is 14.1. The Morgan fingerprint density at radius 3 is 1.33 bits per heavy atom. The molecule has 0 bridgehead atoms. The Bertz CT molecular complexity index is 1200. The Balaban J connectivity index is 1.98. The fourth-order valence-corrected chi connectivity index (χ4v) is 12.9. The van der Waals surface area contributed by atoms with Crippen LogP contribution in [0.4, 0.5) is 0 Å². The van der Waals surface area contributed by atoms with E-state index >= 15 is 0 Å². The van der Waals surface area contributed by atoms with E-state index in [2.05, 4.69) is 121 Å². The minimum Gasteiger partial charge on any atom is -0.145 e. The van der Waals surface area contributed by atoms with E-state index in [0.29, 0.717) is 0 Å². The molecule has 0 aliphatic carbocycles. The maximum absolute atomic E-state index is 4.24. The lowest BCUT2D eigenvalue weighted by atomic mass is 9.91. The van der Waals surface area contributed by atoms with Gasteiger partial charge in [-0.2, -0.15) is 0 Å². The van der Waals surface area contributed by atoms with Gasteiger partial charge in [0.1, 0.15) is 8.07 Å². The molecule has 33 heavy (non-hydrogen) atoms. The second kappa shape index (κ2) is 9.48. The zero-order chi connectivity index (χ0) is 22.7. The molecule has 3 heterocycles. The highest BCUT2D eigenvalue weighted by atomic mass is 32.1. The highest BCUT2D eigenvalue weighted by Gasteiger charge is 2.49. The van der Waals surface area contributed by atoms with Crippen LogP contribution in [0.1, 0.15) is 20.9 Å². The Labute approximate surface area is 205 Å². The van der Waals surface area contributed by atoms with E-state index < -0.39 is 8.07 Å². The molecular weight excluding hydrogens is 453 g/mol. The lowest BCUT2D eigenvalue weighted by Gasteiger charge is -2.32. The molecule has 0 saturated carbocycles. The van der Waals surface area contributed by atoms with Crippen LogP contribution in [-0.4, -0.2) is 8.07 Å². The van der Waals surface area contributed by atoms with Crippen molar-refractivity contribution in [3.8, 4) is 0 Å². The third-order valence-electron chi connectivity index (χ3n) is 6.35. The molecule has 3 heteroatoms. The predicted molar refractivity (Wildman–Crippen MR) is 151 cm³/mol. The van der Waals surface area contributed by atoms with Gasteiger partial charge in [0.2, 0.25) is 0 Å². The number of benzene rings is 2. The van der Waals surface area contributed by atoms with Crippen LogP contribution < -0.4 is 0 Å². The Hall–Kier alpha value is -2.98. The van der Waals surface area contributed by atoms with Crippen molar-refractivity contribution in [2.45, 2.75) is 12.1 Å². The van der Waals surface area contributed by atoms with Gasteiger partial charge in [0.05, 0.1) is 0 Å². The highest BCUT2D eigenvalue weighted by molar-refractivity contribution is 7.23. The van der Waals surface area contributed by atoms with Crippen LogP contribution in [-0.2, 0) is 0 Å². The summed E-state index contributed by atoms with van der Waals surface area (Å²) in [5, 5.41) is 7.48. The van der Waals surface area contributed by atoms with E-state index in [4.69, 9.17) is 0 Å². The molecule has 1 aliphatic heterocycles. The van der Waals surface area contributed by atoms with Gasteiger partial charge >= 0.3 is 0 Å². The van der Waals surface area contributed by atoms with Crippen LogP contribution in [0.5, 0.6) is 0 Å². The van der Waals surface area contributed by atoms with Gasteiger partial charge in [0, 0.05) is 9.75 Å². The van der Waals surface area contributed by atoms with Gasteiger partial charge in [-0.15, -0.1) is 35.8 Å². The lowest BCUT2D eigenvalue weighted by Crippen LogP contribution is -2.35. The Morgan fingerprint density at radius 2 is 1.00 bits per heavy atom. The molecule has 2 aromatic carbocycles. The SMILES string of the molecule is C=CC[Si]1(CC=C)C(c2cccs2)=C(c2ccccc2)C(c2ccccc2)=C1c1cccs1. The van der Waals surface area contributed by atoms with Crippen LogP contribution in [0, 0.1) is 0 Å². The van der Waals surface area contributed by atoms with Crippen LogP contribution in [0.25, 0.3) is 21.5 Å². The van der Waals surface area contributed by atoms with Crippen molar-refractivity contribution in [2.75, 3.05) is 0 Å². The maximum Gasteiger partial charge on any atom is 0.130 e. The zero-order valence-electron chi connectivity index (χ0n) is 18.5. The predicted octanol–water partition coefficient (Wildman–Crippen LogP) is 9.24. The fourth-order valence-electron chi connectivity index (χ4n) is 5.18. The first-order valence-electron chi connectivity index (χ1n) is 11.2. The van der Waals surface area contributed by atoms with E-state index in [1.807, 2.05) is 22.7 Å². The first kappa shape index (κ1) is 21.8. The molecule has 0 radical (unpaired) electrons. The van der Waals surface area contributed by atoms with Gasteiger partial charge in [0.25, 0.3) is 0 Å². The van der Waals surface area contributed by atoms with Gasteiger partial charge in [0.15, 0.2) is 0 Å². The van der Waals surface area contributed by atoms with E-state index in [-0.39, 0.29) is 0 Å². The van der Waals surface area contributed by atoms with Crippen LogP contribution >= 0.6 is 22.7 Å². The molecular formula is C30H26S2Si. The molecule has 0 N–H and O–H groups in total. The summed E-state index contributed by atoms with van der Waals surface area (Å²) in [5.41, 5.74) is 5.36. The normalized spacial score (nSPS) is 15.2. The van der Waals surface area contributed by atoms with Crippen molar-refractivity contribution in [1.82, 2.24) is 0 Å². The molecule has 0 unspecified atom stereocenters. The van der Waals surface area contributed by atoms with Crippen molar-refractivity contribution in [3.63, 3.8) is 0 Å². The molecule has 5 rings (SSSR count). The molecule has 0 nitrogen and oxygen atoms in total. The summed E-state index contributed by atoms with van der Waals surface area (Å²) in [4.78, 5) is 2.76. The van der Waals surface area contributed by atoms with Crippen LogP contribution in [0.15, 0.2) is 121 Å². The van der Waals surface area contributed by atoms with Gasteiger partial charge in [-0.1, -0.05) is 84.9 Å². The quantitative estimate of drug-likeness (QED) is 0.175. The van der Waals surface area contributed by atoms with Crippen molar-refractivity contribution >= 4 is 52.3 Å². The molecule has 0 atom stereocenters. The molecule has 0 saturated heterocycles. The van der Waals surface area contributed by atoms with Crippen LogP contribution in [0.3, 0.4) is 0 Å². The number of rotatable bonds is 8. The second-order valence-electron chi connectivity index (χ2n) is 8.25. The van der Waals surface area contributed by atoms with E-state index in [0.717, 1.165) is 12.1 Å². The summed E-state index contributed by atoms with van der Waals surface area (Å²) in [6.07, 6.45) is 4.29. The topological polar surface area (TPSA) is 0 Å². The van der Waals surface area contributed by atoms with Gasteiger partial charge in [-0.05, 0) is 67.6 Å². The van der Waals surface area contributed by atoms with Gasteiger partial charge < -0.3 is 0 Å². The minimum atomic E-state index is -2.25. The smallest absolute Gasteiger partial charge is 0.130 e. The molecule has 162 valence electrons. The van der Waals surface area contributed by atoms with Gasteiger partial charge in [-0.3, -0.25) is 0 Å². The van der Waals surface area contributed by atoms with Crippen molar-refractivity contribution in [3.05, 3.63) is 142 Å². The van der Waals surface area contributed by atoms with E-state index in [1.165, 1.54) is 42.4 Å². The maximum atomic E-state index is 4.24. The van der Waals surface area contributed by atoms with Crippen molar-refractivity contribution in [2.24, 2.45) is 0 Å². The summed E-state index contributed by atoms with van der Waals surface area (Å²) in [5.74, 6) is 0. The standard InChI is InChI=1S/C30H26S2Si/c1-3-21-33(22-4-2)29(25-17-11-19-31-25)27(23-13-7-5-8-14-23)28(24-15-9-6-10-16-24)30(33)26-18-12-20-32-26/h3-20H,1-2,21-22H2. The summed E-state index contributed by atoms with van der Waals surface area (Å²) in [7, 11) is -2.25. The number of allylic oxidation sites excluding steroid dienone is 4. The molecule has 2 aromatic heterocycles. The first-order valence-corrected chi connectivity index (χ1v) is 15.4. The minimum absolute atomic E-state index is 0.992. The Morgan fingerprint density at radius 1 is 0.576 bits per heavy atom. The molecule has 0 fully saturated rings. The molecule has 1 aliphatic rings. The average Bonchev–Trinajstić information content (AvgIpc) is 3.60. The lowest BCUT2D eigenvalue weighted by molar-refractivity contribution is 1.50. The van der Waals surface area contributed by atoms with E-state index in [9.17, 15) is 0 Å². The van der Waals surface area contributed by atoms with E-state index in [1.54, 1.807) is 0 Å². The first-order chi connectivity index (χ1) is 16.3. The number of hydrogen-bond acceptors (Lipinski definition) is 2. The third kappa shape index (κ3) is 3.76. The molecule has 4 aromatic rings. The molecule has 0 amide bonds. The summed E-state index contributed by atoms with van der Waals surface area (Å²) < 4.78 is 0. The third-order valence-corrected chi connectivity index (χ3v) is 13.4. The molecule has 0 spiro atoms. The van der Waals surface area contributed by atoms with Crippen molar-refractivity contribution < 1.29 is 0 Å². The summed E-state index contributed by atoms with van der Waals surface area (Å²) in [6, 6.07) is 32.9. The van der Waals surface area contributed by atoms with Crippen LogP contribution in [0.2, 0.25) is 12.1 Å². The zero-order valence-corrected chi connectivity index (χ0v) is 21.2. The number of hydrogen-bond donors (Lipinski definition) is 0. The fraction of sp³-hybridized carbons (Fsp3) is 0.0667. The largest absolute Gasteiger partial charge is 0.145 e. The average molecular weight is 479 g/mol. The Kier molecular flexibility index (Phi) is 6.27. The van der Waals surface area contributed by atoms with Crippen molar-refractivity contribution in [1.29, 1.82) is 0 Å². The van der Waals surface area contributed by atoms with Gasteiger partial charge in [-0.25, -0.2) is 0 Å². The summed E-state index contributed by atoms with van der Waals surface area (Å²) >= 11 is 3.71. The monoisotopic (exact) mass is 478 g/mol. The highest BCUT2D eigenvalue weighted by Crippen LogP contribution is 2.59. The number of thiophene rings is 2.